The minimum absolute atomic E-state index is 0.0734. The molecule has 0 radical (unpaired) electrons. The number of sulfonamides is 1. The van der Waals surface area contributed by atoms with Crippen LogP contribution in [0.2, 0.25) is 0 Å². The van der Waals surface area contributed by atoms with Crippen molar-refractivity contribution in [3.8, 4) is 0 Å². The summed E-state index contributed by atoms with van der Waals surface area (Å²) in [5.41, 5.74) is -0.429. The van der Waals surface area contributed by atoms with Crippen LogP contribution in [0.1, 0.15) is 44.1 Å². The highest BCUT2D eigenvalue weighted by atomic mass is 32.2. The summed E-state index contributed by atoms with van der Waals surface area (Å²) in [6.45, 7) is 2.19. The van der Waals surface area contributed by atoms with Crippen molar-refractivity contribution in [2.24, 2.45) is 0 Å². The van der Waals surface area contributed by atoms with Gasteiger partial charge in [-0.1, -0.05) is 49.6 Å². The molecule has 1 aliphatic carbocycles. The van der Waals surface area contributed by atoms with Crippen molar-refractivity contribution in [2.45, 2.75) is 66.0 Å². The third-order valence-electron chi connectivity index (χ3n) is 6.69. The number of hydrogen-bond acceptors (Lipinski definition) is 5. The summed E-state index contributed by atoms with van der Waals surface area (Å²) < 4.78 is 55.3. The number of carbonyl (C=O) groups is 1. The van der Waals surface area contributed by atoms with Gasteiger partial charge in [0.1, 0.15) is 5.54 Å². The molecule has 7 nitrogen and oxygen atoms in total. The van der Waals surface area contributed by atoms with Crippen molar-refractivity contribution in [1.29, 1.82) is 0 Å². The quantitative estimate of drug-likeness (QED) is 0.671. The molecule has 0 bridgehead atoms. The van der Waals surface area contributed by atoms with Crippen molar-refractivity contribution in [2.75, 3.05) is 13.1 Å². The number of benzene rings is 2. The molecule has 1 saturated heterocycles. The minimum atomic E-state index is -3.92. The molecular weight excluding hydrogens is 460 g/mol. The van der Waals surface area contributed by atoms with Crippen LogP contribution in [0.4, 0.5) is 0 Å². The molecule has 2 aromatic carbocycles. The summed E-state index contributed by atoms with van der Waals surface area (Å²) in [4.78, 5) is 15.6. The van der Waals surface area contributed by atoms with Gasteiger partial charge in [0.15, 0.2) is 9.84 Å². The summed E-state index contributed by atoms with van der Waals surface area (Å²) in [6.07, 6.45) is 3.56. The standard InChI is InChI=1S/C24H30N2O5S2/c1-19-9-8-12-21(17-19)33(30,31)25-24(14-6-3-7-15-24)23(27)26-16-13-22(18-26)32(28,29)20-10-4-2-5-11-20/h2,4-5,8-12,17,22,25H,3,6-7,13-16,18H2,1H3. The first kappa shape index (κ1) is 23.9. The molecule has 1 saturated carbocycles. The van der Waals surface area contributed by atoms with Crippen LogP contribution in [0.15, 0.2) is 64.4 Å². The number of likely N-dealkylation sites (tertiary alicyclic amines) is 1. The Balaban J connectivity index is 1.58. The van der Waals surface area contributed by atoms with E-state index < -0.39 is 30.6 Å². The average molecular weight is 491 g/mol. The third kappa shape index (κ3) is 4.85. The SMILES string of the molecule is Cc1cccc(S(=O)(=O)NC2(C(=O)N3CCC(S(=O)(=O)c4ccccc4)C3)CCCCC2)c1. The zero-order valence-electron chi connectivity index (χ0n) is 18.7. The first-order valence-electron chi connectivity index (χ1n) is 11.3. The second-order valence-corrected chi connectivity index (χ2v) is 13.0. The predicted octanol–water partition coefficient (Wildman–Crippen LogP) is 3.05. The topological polar surface area (TPSA) is 101 Å². The van der Waals surface area contributed by atoms with E-state index in [0.29, 0.717) is 25.8 Å². The van der Waals surface area contributed by atoms with Crippen molar-refractivity contribution in [3.05, 3.63) is 60.2 Å². The number of carbonyl (C=O) groups excluding carboxylic acids is 1. The monoisotopic (exact) mass is 490 g/mol. The lowest BCUT2D eigenvalue weighted by Crippen LogP contribution is -2.60. The van der Waals surface area contributed by atoms with Gasteiger partial charge in [0.2, 0.25) is 15.9 Å². The predicted molar refractivity (Wildman–Crippen MR) is 126 cm³/mol. The van der Waals surface area contributed by atoms with Gasteiger partial charge in [-0.05, 0) is 56.0 Å². The molecule has 1 heterocycles. The van der Waals surface area contributed by atoms with Gasteiger partial charge in [-0.2, -0.15) is 4.72 Å². The fraction of sp³-hybridized carbons (Fsp3) is 0.458. The van der Waals surface area contributed by atoms with Crippen LogP contribution in [-0.4, -0.2) is 51.5 Å². The van der Waals surface area contributed by atoms with E-state index in [1.165, 1.54) is 11.0 Å². The molecule has 33 heavy (non-hydrogen) atoms. The number of sulfone groups is 1. The molecule has 2 aromatic rings. The first-order valence-corrected chi connectivity index (χ1v) is 14.4. The second-order valence-electron chi connectivity index (χ2n) is 9.08. The van der Waals surface area contributed by atoms with Gasteiger partial charge in [-0.3, -0.25) is 4.79 Å². The smallest absolute Gasteiger partial charge is 0.243 e. The maximum Gasteiger partial charge on any atom is 0.243 e. The molecular formula is C24H30N2O5S2. The molecule has 178 valence electrons. The highest BCUT2D eigenvalue weighted by Crippen LogP contribution is 2.34. The van der Waals surface area contributed by atoms with Crippen LogP contribution in [0.3, 0.4) is 0 Å². The van der Waals surface area contributed by atoms with Crippen molar-refractivity contribution < 1.29 is 21.6 Å². The molecule has 2 fully saturated rings. The molecule has 1 unspecified atom stereocenters. The Kier molecular flexibility index (Phi) is 6.66. The molecule has 0 spiro atoms. The Labute approximate surface area is 196 Å². The number of rotatable bonds is 6. The van der Waals surface area contributed by atoms with Gasteiger partial charge in [-0.25, -0.2) is 16.8 Å². The van der Waals surface area contributed by atoms with Crippen LogP contribution in [0, 0.1) is 6.92 Å². The number of amides is 1. The maximum atomic E-state index is 13.7. The van der Waals surface area contributed by atoms with E-state index in [1.54, 1.807) is 42.5 Å². The van der Waals surface area contributed by atoms with E-state index in [9.17, 15) is 21.6 Å². The lowest BCUT2D eigenvalue weighted by atomic mass is 9.81. The molecule has 4 rings (SSSR count). The number of aryl methyl sites for hydroxylation is 1. The van der Waals surface area contributed by atoms with E-state index in [1.807, 2.05) is 13.0 Å². The largest absolute Gasteiger partial charge is 0.340 e. The fourth-order valence-electron chi connectivity index (χ4n) is 4.88. The van der Waals surface area contributed by atoms with Gasteiger partial charge in [0.05, 0.1) is 15.0 Å². The minimum Gasteiger partial charge on any atom is -0.340 e. The van der Waals surface area contributed by atoms with Gasteiger partial charge >= 0.3 is 0 Å². The second kappa shape index (κ2) is 9.19. The normalized spacial score (nSPS) is 21.1. The van der Waals surface area contributed by atoms with E-state index in [0.717, 1.165) is 24.8 Å². The summed E-state index contributed by atoms with van der Waals surface area (Å²) in [7, 11) is -7.49. The molecule has 1 N–H and O–H groups in total. The molecule has 2 aliphatic rings. The molecule has 1 amide bonds. The first-order chi connectivity index (χ1) is 15.6. The highest BCUT2D eigenvalue weighted by molar-refractivity contribution is 7.92. The third-order valence-corrected chi connectivity index (χ3v) is 10.4. The number of hydrogen-bond donors (Lipinski definition) is 1. The van der Waals surface area contributed by atoms with Gasteiger partial charge < -0.3 is 4.90 Å². The van der Waals surface area contributed by atoms with E-state index >= 15 is 0 Å². The molecule has 1 atom stereocenters. The van der Waals surface area contributed by atoms with Crippen LogP contribution in [0.5, 0.6) is 0 Å². The van der Waals surface area contributed by atoms with Gasteiger partial charge in [-0.15, -0.1) is 0 Å². The van der Waals surface area contributed by atoms with Crippen molar-refractivity contribution in [1.82, 2.24) is 9.62 Å². The fourth-order valence-corrected chi connectivity index (χ4v) is 8.12. The summed E-state index contributed by atoms with van der Waals surface area (Å²) in [5, 5.41) is -0.696. The zero-order valence-corrected chi connectivity index (χ0v) is 20.4. The van der Waals surface area contributed by atoms with Crippen LogP contribution < -0.4 is 4.72 Å². The lowest BCUT2D eigenvalue weighted by molar-refractivity contribution is -0.137. The van der Waals surface area contributed by atoms with Crippen LogP contribution >= 0.6 is 0 Å². The maximum absolute atomic E-state index is 13.7. The molecule has 9 heteroatoms. The number of nitrogens with one attached hydrogen (secondary N) is 1. The average Bonchev–Trinajstić information content (AvgIpc) is 3.31. The van der Waals surface area contributed by atoms with Gasteiger partial charge in [0, 0.05) is 13.1 Å². The number of nitrogens with zero attached hydrogens (tertiary/aromatic N) is 1. The molecule has 1 aliphatic heterocycles. The van der Waals surface area contributed by atoms with Crippen LogP contribution in [-0.2, 0) is 24.7 Å². The van der Waals surface area contributed by atoms with Crippen LogP contribution in [0.25, 0.3) is 0 Å². The Morgan fingerprint density at radius 3 is 2.27 bits per heavy atom. The Hall–Kier alpha value is -2.23. The summed E-state index contributed by atoms with van der Waals surface area (Å²) in [6, 6.07) is 14.9. The lowest BCUT2D eigenvalue weighted by Gasteiger charge is -2.39. The van der Waals surface area contributed by atoms with E-state index in [-0.39, 0.29) is 22.2 Å². The Bertz CT molecular complexity index is 1220. The molecule has 0 aromatic heterocycles. The summed E-state index contributed by atoms with van der Waals surface area (Å²) in [5.74, 6) is -0.316. The van der Waals surface area contributed by atoms with Crippen molar-refractivity contribution >= 4 is 25.8 Å². The highest BCUT2D eigenvalue weighted by Gasteiger charge is 2.48. The Morgan fingerprint density at radius 1 is 0.939 bits per heavy atom. The van der Waals surface area contributed by atoms with Gasteiger partial charge in [0.25, 0.3) is 0 Å². The van der Waals surface area contributed by atoms with Crippen molar-refractivity contribution in [3.63, 3.8) is 0 Å². The Morgan fingerprint density at radius 2 is 1.61 bits per heavy atom. The summed E-state index contributed by atoms with van der Waals surface area (Å²) >= 11 is 0. The van der Waals surface area contributed by atoms with E-state index in [4.69, 9.17) is 0 Å². The van der Waals surface area contributed by atoms with E-state index in [2.05, 4.69) is 4.72 Å². The zero-order chi connectivity index (χ0) is 23.7.